The Bertz CT molecular complexity index is 1410. The van der Waals surface area contributed by atoms with Gasteiger partial charge in [0.05, 0.1) is 36.7 Å². The molecule has 0 aliphatic heterocycles. The fourth-order valence-corrected chi connectivity index (χ4v) is 4.07. The number of halogens is 2. The van der Waals surface area contributed by atoms with Crippen LogP contribution < -0.4 is 10.1 Å². The number of alkyl halides is 2. The second-order valence-electron chi connectivity index (χ2n) is 9.24. The molecule has 5 rings (SSSR count). The Labute approximate surface area is 208 Å². The van der Waals surface area contributed by atoms with Crippen molar-refractivity contribution in [3.8, 4) is 28.8 Å². The van der Waals surface area contributed by atoms with Gasteiger partial charge in [0.2, 0.25) is 11.8 Å². The highest BCUT2D eigenvalue weighted by molar-refractivity contribution is 5.92. The van der Waals surface area contributed by atoms with E-state index in [0.717, 1.165) is 46.9 Å². The number of nitrogens with zero attached hydrogens (tertiary/aromatic N) is 2. The van der Waals surface area contributed by atoms with Gasteiger partial charge in [-0.3, -0.25) is 9.78 Å². The van der Waals surface area contributed by atoms with Gasteiger partial charge in [0.25, 0.3) is 5.92 Å². The monoisotopic (exact) mass is 485 g/mol. The molecule has 2 heterocycles. The van der Waals surface area contributed by atoms with Crippen LogP contribution in [0.3, 0.4) is 0 Å². The number of ether oxygens (including phenoxy) is 1. The molecule has 0 unspecified atom stereocenters. The number of fused-ring (bicyclic) bond motifs is 1. The molecule has 2 aliphatic carbocycles. The van der Waals surface area contributed by atoms with Crippen molar-refractivity contribution in [2.24, 2.45) is 5.92 Å². The molecule has 0 bridgehead atoms. The number of rotatable bonds is 6. The van der Waals surface area contributed by atoms with Crippen LogP contribution in [0.1, 0.15) is 42.1 Å². The average Bonchev–Trinajstić information content (AvgIpc) is 3.59. The zero-order valence-corrected chi connectivity index (χ0v) is 20.1. The van der Waals surface area contributed by atoms with Gasteiger partial charge in [-0.15, -0.1) is 0 Å². The number of allylic oxidation sites excluding steroid dienone is 1. The summed E-state index contributed by atoms with van der Waals surface area (Å²) in [5.74, 6) is 3.53. The minimum Gasteiger partial charge on any atom is -0.481 e. The SMILES string of the molecule is COc1ncc(NC(=O)Cc2ccc(-c3cnc4c(c3)C=C(C#CC3CC3)C4)cc2)cc1C(C)(F)F. The van der Waals surface area contributed by atoms with E-state index < -0.39 is 5.92 Å². The van der Waals surface area contributed by atoms with Crippen LogP contribution in [-0.4, -0.2) is 23.0 Å². The fraction of sp³-hybridized carbons (Fsp3) is 0.276. The predicted octanol–water partition coefficient (Wildman–Crippen LogP) is 5.80. The molecule has 0 saturated heterocycles. The van der Waals surface area contributed by atoms with Crippen molar-refractivity contribution < 1.29 is 18.3 Å². The molecule has 0 spiro atoms. The Morgan fingerprint density at radius 3 is 2.61 bits per heavy atom. The first-order valence-corrected chi connectivity index (χ1v) is 11.8. The number of methoxy groups -OCH3 is 1. The van der Waals surface area contributed by atoms with E-state index in [9.17, 15) is 13.6 Å². The summed E-state index contributed by atoms with van der Waals surface area (Å²) >= 11 is 0. The maximum absolute atomic E-state index is 13.9. The molecule has 1 saturated carbocycles. The fourth-order valence-electron chi connectivity index (χ4n) is 4.07. The summed E-state index contributed by atoms with van der Waals surface area (Å²) in [5.41, 5.74) is 5.85. The molecule has 1 fully saturated rings. The predicted molar refractivity (Wildman–Crippen MR) is 135 cm³/mol. The van der Waals surface area contributed by atoms with Crippen molar-refractivity contribution in [2.75, 3.05) is 12.4 Å². The first-order valence-electron chi connectivity index (χ1n) is 11.8. The minimum absolute atomic E-state index is 0.0956. The minimum atomic E-state index is -3.15. The summed E-state index contributed by atoms with van der Waals surface area (Å²) in [6.07, 6.45) is 8.59. The Kier molecular flexibility index (Phi) is 6.27. The van der Waals surface area contributed by atoms with E-state index in [2.05, 4.69) is 39.3 Å². The highest BCUT2D eigenvalue weighted by Crippen LogP contribution is 2.35. The van der Waals surface area contributed by atoms with Crippen molar-refractivity contribution >= 4 is 17.7 Å². The van der Waals surface area contributed by atoms with Crippen molar-refractivity contribution in [3.05, 3.63) is 76.7 Å². The second kappa shape index (κ2) is 9.54. The summed E-state index contributed by atoms with van der Waals surface area (Å²) in [6, 6.07) is 11.0. The van der Waals surface area contributed by atoms with Crippen molar-refractivity contribution in [1.82, 2.24) is 9.97 Å². The molecule has 0 radical (unpaired) electrons. The summed E-state index contributed by atoms with van der Waals surface area (Å²) in [4.78, 5) is 21.0. The summed E-state index contributed by atoms with van der Waals surface area (Å²) in [5, 5.41) is 2.64. The maximum atomic E-state index is 13.9. The van der Waals surface area contributed by atoms with Crippen molar-refractivity contribution in [1.29, 1.82) is 0 Å². The third-order valence-corrected chi connectivity index (χ3v) is 6.16. The van der Waals surface area contributed by atoms with E-state index in [0.29, 0.717) is 5.92 Å². The molecular weight excluding hydrogens is 460 g/mol. The zero-order valence-electron chi connectivity index (χ0n) is 20.1. The van der Waals surface area contributed by atoms with Crippen LogP contribution in [0.15, 0.2) is 54.4 Å². The number of benzene rings is 1. The lowest BCUT2D eigenvalue weighted by molar-refractivity contribution is -0.115. The molecule has 7 heteroatoms. The number of carbonyl (C=O) groups excluding carboxylic acids is 1. The molecule has 1 N–H and O–H groups in total. The van der Waals surface area contributed by atoms with E-state index in [-0.39, 0.29) is 29.5 Å². The molecule has 2 aliphatic rings. The quantitative estimate of drug-likeness (QED) is 0.449. The van der Waals surface area contributed by atoms with Gasteiger partial charge in [-0.05, 0) is 47.7 Å². The van der Waals surface area contributed by atoms with Gasteiger partial charge in [0.15, 0.2) is 0 Å². The lowest BCUT2D eigenvalue weighted by atomic mass is 10.0. The van der Waals surface area contributed by atoms with E-state index in [1.165, 1.54) is 32.2 Å². The van der Waals surface area contributed by atoms with Crippen LogP contribution in [-0.2, 0) is 23.6 Å². The van der Waals surface area contributed by atoms with Crippen LogP contribution in [0.4, 0.5) is 14.5 Å². The molecule has 3 aromatic rings. The molecule has 36 heavy (non-hydrogen) atoms. The highest BCUT2D eigenvalue weighted by atomic mass is 19.3. The third-order valence-electron chi connectivity index (χ3n) is 6.16. The number of hydrogen-bond donors (Lipinski definition) is 1. The normalized spacial score (nSPS) is 14.4. The van der Waals surface area contributed by atoms with E-state index in [1.54, 1.807) is 0 Å². The van der Waals surface area contributed by atoms with Crippen LogP contribution in [0, 0.1) is 17.8 Å². The zero-order chi connectivity index (χ0) is 25.3. The largest absolute Gasteiger partial charge is 0.481 e. The Hall–Kier alpha value is -4.05. The average molecular weight is 486 g/mol. The topological polar surface area (TPSA) is 64.1 Å². The summed E-state index contributed by atoms with van der Waals surface area (Å²) in [6.45, 7) is 0.759. The number of hydrogen-bond acceptors (Lipinski definition) is 4. The molecule has 182 valence electrons. The molecule has 2 aromatic heterocycles. The van der Waals surface area contributed by atoms with Crippen LogP contribution in [0.2, 0.25) is 0 Å². The van der Waals surface area contributed by atoms with Crippen molar-refractivity contribution in [3.63, 3.8) is 0 Å². The number of carbonyl (C=O) groups is 1. The van der Waals surface area contributed by atoms with Crippen LogP contribution in [0.5, 0.6) is 5.88 Å². The number of pyridine rings is 2. The molecule has 1 aromatic carbocycles. The third kappa shape index (κ3) is 5.44. The highest BCUT2D eigenvalue weighted by Gasteiger charge is 2.30. The number of aromatic nitrogens is 2. The van der Waals surface area contributed by atoms with Gasteiger partial charge in [0, 0.05) is 36.6 Å². The molecule has 1 amide bonds. The van der Waals surface area contributed by atoms with E-state index in [1.807, 2.05) is 30.5 Å². The van der Waals surface area contributed by atoms with E-state index >= 15 is 0 Å². The number of anilines is 1. The Balaban J connectivity index is 1.24. The van der Waals surface area contributed by atoms with E-state index in [4.69, 9.17) is 4.74 Å². The maximum Gasteiger partial charge on any atom is 0.275 e. The van der Waals surface area contributed by atoms with Gasteiger partial charge in [0.1, 0.15) is 0 Å². The van der Waals surface area contributed by atoms with Crippen LogP contribution >= 0.6 is 0 Å². The second-order valence-corrected chi connectivity index (χ2v) is 9.24. The lowest BCUT2D eigenvalue weighted by Crippen LogP contribution is -2.16. The van der Waals surface area contributed by atoms with Crippen molar-refractivity contribution in [2.45, 2.75) is 38.5 Å². The number of amides is 1. The smallest absolute Gasteiger partial charge is 0.275 e. The first kappa shape index (κ1) is 23.7. The number of nitrogens with one attached hydrogen (secondary N) is 1. The standard InChI is InChI=1S/C29H25F2N3O2/c1-29(30,31)25-15-24(17-33-28(25)36-2)34-27(35)13-19-7-9-21(10-8-19)23-14-22-11-20(6-5-18-3-4-18)12-26(22)32-16-23/h7-11,14-18H,3-4,12-13H2,1-2H3,(H,34,35). The Morgan fingerprint density at radius 2 is 1.92 bits per heavy atom. The lowest BCUT2D eigenvalue weighted by Gasteiger charge is -2.15. The molecule has 5 nitrogen and oxygen atoms in total. The summed E-state index contributed by atoms with van der Waals surface area (Å²) < 4.78 is 32.6. The van der Waals surface area contributed by atoms with Gasteiger partial charge in [-0.2, -0.15) is 0 Å². The van der Waals surface area contributed by atoms with Gasteiger partial charge in [-0.25, -0.2) is 13.8 Å². The molecule has 0 atom stereocenters. The van der Waals surface area contributed by atoms with Gasteiger partial charge < -0.3 is 10.1 Å². The first-order chi connectivity index (χ1) is 17.3. The van der Waals surface area contributed by atoms with Gasteiger partial charge in [-0.1, -0.05) is 36.1 Å². The summed E-state index contributed by atoms with van der Waals surface area (Å²) in [7, 11) is 1.27. The molecular formula is C29H25F2N3O2. The van der Waals surface area contributed by atoms with Crippen LogP contribution in [0.25, 0.3) is 17.2 Å². The van der Waals surface area contributed by atoms with Gasteiger partial charge >= 0.3 is 0 Å². The Morgan fingerprint density at radius 1 is 1.14 bits per heavy atom.